The topological polar surface area (TPSA) is 200 Å². The Morgan fingerprint density at radius 1 is 0.860 bits per heavy atom. The van der Waals surface area contributed by atoms with E-state index in [1.807, 2.05) is 6.92 Å². The van der Waals surface area contributed by atoms with E-state index < -0.39 is 114 Å². The van der Waals surface area contributed by atoms with Crippen molar-refractivity contribution in [2.45, 2.75) is 179 Å². The van der Waals surface area contributed by atoms with Crippen molar-refractivity contribution in [3.8, 4) is 0 Å². The van der Waals surface area contributed by atoms with E-state index in [1.165, 1.54) is 35.0 Å². The van der Waals surface area contributed by atoms with Crippen molar-refractivity contribution in [2.75, 3.05) is 14.2 Å². The molecule has 3 fully saturated rings. The monoisotopic (exact) mass is 720 g/mol. The van der Waals surface area contributed by atoms with Crippen LogP contribution in [0.5, 0.6) is 0 Å². The van der Waals surface area contributed by atoms with Gasteiger partial charge in [-0.1, -0.05) is 27.7 Å². The molecule has 0 aromatic carbocycles. The number of carbonyl (C=O) groups excluding carboxylic acids is 2. The number of cyclic esters (lactones) is 1. The standard InChI is InChI=1S/C36H64O14/c1-13-24-36(10,43)29(39)19(4)26(37)17(2)15-34(8,42)31(50-33-27(38)23(44-11)14-18(3)46-33)20(5)28(21(6)32(41)48-24)49-25-16-35(9,45-12)30(40)22(7)47-25/h17-25,27-31,33,38-40,42-43H,13-16H2,1-12H3/t17-,18-,19+,20+,21-,22+,23+,24-,25+,27-,28+,29-,30+,31-,33+,34+,35-,36-/m1/s1. The Balaban J connectivity index is 2.17. The Morgan fingerprint density at radius 2 is 1.48 bits per heavy atom. The van der Waals surface area contributed by atoms with Crippen LogP contribution in [-0.2, 0) is 42.7 Å². The van der Waals surface area contributed by atoms with E-state index in [-0.39, 0.29) is 25.4 Å². The van der Waals surface area contributed by atoms with Crippen LogP contribution < -0.4 is 0 Å². The lowest BCUT2D eigenvalue weighted by molar-refractivity contribution is -0.322. The molecule has 3 aliphatic rings. The highest BCUT2D eigenvalue weighted by atomic mass is 16.7. The van der Waals surface area contributed by atoms with Gasteiger partial charge >= 0.3 is 5.97 Å². The number of hydrogen-bond donors (Lipinski definition) is 5. The largest absolute Gasteiger partial charge is 0.459 e. The predicted molar refractivity (Wildman–Crippen MR) is 180 cm³/mol. The lowest BCUT2D eigenvalue weighted by Gasteiger charge is -2.48. The first-order valence-corrected chi connectivity index (χ1v) is 18.0. The second-order valence-electron chi connectivity index (χ2n) is 15.7. The van der Waals surface area contributed by atoms with Crippen molar-refractivity contribution in [1.82, 2.24) is 0 Å². The summed E-state index contributed by atoms with van der Waals surface area (Å²) < 4.78 is 42.3. The van der Waals surface area contributed by atoms with Crippen molar-refractivity contribution >= 4 is 11.8 Å². The lowest BCUT2D eigenvalue weighted by atomic mass is 9.74. The number of methoxy groups -OCH3 is 2. The summed E-state index contributed by atoms with van der Waals surface area (Å²) in [6.45, 7) is 16.2. The van der Waals surface area contributed by atoms with E-state index in [0.717, 1.165) is 0 Å². The Bertz CT molecular complexity index is 1130. The van der Waals surface area contributed by atoms with Gasteiger partial charge in [0.2, 0.25) is 0 Å². The second kappa shape index (κ2) is 16.8. The Morgan fingerprint density at radius 3 is 2.04 bits per heavy atom. The normalized spacial score (nSPS) is 50.4. The number of aliphatic hydroxyl groups excluding tert-OH is 3. The third-order valence-electron chi connectivity index (χ3n) is 11.4. The van der Waals surface area contributed by atoms with Crippen LogP contribution in [0.2, 0.25) is 0 Å². The number of rotatable bonds is 7. The van der Waals surface area contributed by atoms with E-state index in [1.54, 1.807) is 41.5 Å². The summed E-state index contributed by atoms with van der Waals surface area (Å²) in [4.78, 5) is 27.8. The summed E-state index contributed by atoms with van der Waals surface area (Å²) >= 11 is 0. The van der Waals surface area contributed by atoms with E-state index in [9.17, 15) is 35.1 Å². The molecule has 3 rings (SSSR count). The smallest absolute Gasteiger partial charge is 0.311 e. The summed E-state index contributed by atoms with van der Waals surface area (Å²) in [6, 6.07) is 0. The number of hydrogen-bond acceptors (Lipinski definition) is 14. The molecule has 18 atom stereocenters. The number of ketones is 1. The second-order valence-corrected chi connectivity index (χ2v) is 15.7. The third-order valence-corrected chi connectivity index (χ3v) is 11.4. The van der Waals surface area contributed by atoms with Crippen LogP contribution in [0.4, 0.5) is 0 Å². The quantitative estimate of drug-likeness (QED) is 0.239. The van der Waals surface area contributed by atoms with Gasteiger partial charge in [-0.3, -0.25) is 9.59 Å². The van der Waals surface area contributed by atoms with E-state index >= 15 is 0 Å². The number of aliphatic hydroxyl groups is 5. The van der Waals surface area contributed by atoms with E-state index in [4.69, 9.17) is 33.2 Å². The molecule has 14 nitrogen and oxygen atoms in total. The highest BCUT2D eigenvalue weighted by molar-refractivity contribution is 5.83. The average Bonchev–Trinajstić information content (AvgIpc) is 3.05. The zero-order valence-corrected chi connectivity index (χ0v) is 31.9. The van der Waals surface area contributed by atoms with Crippen LogP contribution in [0, 0.1) is 23.7 Å². The zero-order valence-electron chi connectivity index (χ0n) is 31.9. The van der Waals surface area contributed by atoms with Gasteiger partial charge in [0.05, 0.1) is 53.7 Å². The molecule has 0 spiro atoms. The maximum absolute atomic E-state index is 14.0. The van der Waals surface area contributed by atoms with Gasteiger partial charge in [0.25, 0.3) is 0 Å². The Labute approximate surface area is 297 Å². The van der Waals surface area contributed by atoms with Crippen molar-refractivity contribution in [3.05, 3.63) is 0 Å². The molecule has 3 aliphatic heterocycles. The van der Waals surface area contributed by atoms with E-state index in [0.29, 0.717) is 6.42 Å². The molecule has 5 N–H and O–H groups in total. The first kappa shape index (κ1) is 43.1. The SMILES string of the molecule is CC[C@H]1OC(=O)[C@H](C)[C@@H](O[C@H]2C[C@@](C)(OC)[C@@H](O)[C@H](C)O2)[C@H](C)[C@@H](O[C@@H]2O[C@H](C)C[C@H](OC)[C@H]2O)[C@@](C)(O)C[C@@H](C)C(=O)[C@H](C)[C@@H](O)[C@]1(C)O. The first-order chi connectivity index (χ1) is 23.1. The summed E-state index contributed by atoms with van der Waals surface area (Å²) in [7, 11) is 2.95. The summed E-state index contributed by atoms with van der Waals surface area (Å²) in [5, 5.41) is 57.2. The Hall–Kier alpha value is -1.30. The number of esters is 1. The van der Waals surface area contributed by atoms with E-state index in [2.05, 4.69) is 0 Å². The van der Waals surface area contributed by atoms with Crippen molar-refractivity contribution in [3.63, 3.8) is 0 Å². The maximum Gasteiger partial charge on any atom is 0.311 e. The molecule has 0 aliphatic carbocycles. The van der Waals surface area contributed by atoms with Crippen LogP contribution in [0.15, 0.2) is 0 Å². The van der Waals surface area contributed by atoms with Gasteiger partial charge in [-0.25, -0.2) is 0 Å². The van der Waals surface area contributed by atoms with Gasteiger partial charge in [0.1, 0.15) is 29.7 Å². The van der Waals surface area contributed by atoms with Gasteiger partial charge in [-0.05, 0) is 54.4 Å². The maximum atomic E-state index is 14.0. The minimum Gasteiger partial charge on any atom is -0.459 e. The molecule has 0 amide bonds. The predicted octanol–water partition coefficient (Wildman–Crippen LogP) is 1.87. The molecule has 0 radical (unpaired) electrons. The summed E-state index contributed by atoms with van der Waals surface area (Å²) in [5.74, 6) is -5.05. The molecule has 50 heavy (non-hydrogen) atoms. The average molecular weight is 721 g/mol. The molecule has 0 saturated carbocycles. The Kier molecular flexibility index (Phi) is 14.5. The van der Waals surface area contributed by atoms with Crippen molar-refractivity contribution in [2.24, 2.45) is 23.7 Å². The lowest BCUT2D eigenvalue weighted by Crippen LogP contribution is -2.60. The molecule has 3 saturated heterocycles. The van der Waals surface area contributed by atoms with Crippen LogP contribution >= 0.6 is 0 Å². The highest BCUT2D eigenvalue weighted by Crippen LogP contribution is 2.40. The number of Topliss-reactive ketones (excluding diaryl/α,β-unsaturated/α-hetero) is 1. The molecule has 14 heteroatoms. The molecular weight excluding hydrogens is 656 g/mol. The van der Waals surface area contributed by atoms with Gasteiger partial charge in [0.15, 0.2) is 12.6 Å². The minimum atomic E-state index is -2.00. The fourth-order valence-electron chi connectivity index (χ4n) is 8.11. The molecule has 0 aromatic rings. The van der Waals surface area contributed by atoms with Gasteiger partial charge < -0.3 is 58.7 Å². The first-order valence-electron chi connectivity index (χ1n) is 18.0. The van der Waals surface area contributed by atoms with Crippen molar-refractivity contribution in [1.29, 1.82) is 0 Å². The molecule has 0 bridgehead atoms. The summed E-state index contributed by atoms with van der Waals surface area (Å²) in [6.07, 6.45) is -10.8. The molecular formula is C36H64O14. The van der Waals surface area contributed by atoms with Crippen LogP contribution in [0.1, 0.15) is 94.9 Å². The van der Waals surface area contributed by atoms with Gasteiger partial charge in [-0.15, -0.1) is 0 Å². The van der Waals surface area contributed by atoms with Crippen LogP contribution in [0.3, 0.4) is 0 Å². The van der Waals surface area contributed by atoms with Crippen molar-refractivity contribution < 1.29 is 68.3 Å². The molecule has 0 aromatic heterocycles. The zero-order chi connectivity index (χ0) is 38.1. The fourth-order valence-corrected chi connectivity index (χ4v) is 8.11. The highest BCUT2D eigenvalue weighted by Gasteiger charge is 2.53. The fraction of sp³-hybridized carbons (Fsp3) is 0.944. The molecule has 3 heterocycles. The van der Waals surface area contributed by atoms with Gasteiger partial charge in [0, 0.05) is 44.8 Å². The summed E-state index contributed by atoms with van der Waals surface area (Å²) in [5.41, 5.74) is -4.87. The van der Waals surface area contributed by atoms with Crippen LogP contribution in [-0.4, -0.2) is 136 Å². The third kappa shape index (κ3) is 9.07. The molecule has 0 unspecified atom stereocenters. The van der Waals surface area contributed by atoms with Crippen LogP contribution in [0.25, 0.3) is 0 Å². The minimum absolute atomic E-state index is 0.0846. The number of carbonyl (C=O) groups is 2. The van der Waals surface area contributed by atoms with Gasteiger partial charge in [-0.2, -0.15) is 0 Å². The number of ether oxygens (including phenoxy) is 7. The molecule has 292 valence electrons.